The van der Waals surface area contributed by atoms with E-state index < -0.39 is 13.7 Å². The molecule has 0 fully saturated rings. The second-order valence-corrected chi connectivity index (χ2v) is 9.07. The zero-order valence-corrected chi connectivity index (χ0v) is 18.1. The smallest absolute Gasteiger partial charge is 0.328 e. The normalized spacial score (nSPS) is 13.2. The van der Waals surface area contributed by atoms with Crippen LogP contribution in [0.3, 0.4) is 0 Å². The number of rotatable bonds is 20. The first-order valence-electron chi connectivity index (χ1n) is 10.6. The molecule has 0 aliphatic carbocycles. The molecule has 0 aliphatic heterocycles. The molecule has 0 amide bonds. The van der Waals surface area contributed by atoms with Gasteiger partial charge in [0, 0.05) is 13.7 Å². The van der Waals surface area contributed by atoms with Crippen molar-refractivity contribution in [1.29, 1.82) is 0 Å². The largest absolute Gasteiger partial charge is 0.379 e. The molecule has 5 nitrogen and oxygen atoms in total. The van der Waals surface area contributed by atoms with Gasteiger partial charge in [0.1, 0.15) is 0 Å². The van der Waals surface area contributed by atoms with Gasteiger partial charge in [-0.05, 0) is 6.42 Å². The van der Waals surface area contributed by atoms with Crippen LogP contribution in [0.25, 0.3) is 0 Å². The first-order chi connectivity index (χ1) is 12.5. The minimum atomic E-state index is -4.03. The molecular weight excluding hydrogens is 351 g/mol. The van der Waals surface area contributed by atoms with Crippen molar-refractivity contribution in [3.63, 3.8) is 0 Å². The standard InChI is InChI=1S/C20H43O5P/c1-3-4-5-6-7-8-9-10-11-12-13-14-15-16-17-25-18-20(24-2)19-26(21,22)23/h20H,3-19H2,1-2H3,(H2,21,22,23). The molecule has 1 unspecified atom stereocenters. The van der Waals surface area contributed by atoms with E-state index in [4.69, 9.17) is 19.3 Å². The molecule has 0 heterocycles. The maximum atomic E-state index is 10.9. The molecule has 158 valence electrons. The fourth-order valence-corrected chi connectivity index (χ4v) is 3.86. The van der Waals surface area contributed by atoms with Crippen molar-refractivity contribution in [2.75, 3.05) is 26.5 Å². The van der Waals surface area contributed by atoms with Gasteiger partial charge in [0.2, 0.25) is 0 Å². The molecular formula is C20H43O5P. The van der Waals surface area contributed by atoms with Crippen molar-refractivity contribution in [1.82, 2.24) is 0 Å². The first kappa shape index (κ1) is 26.1. The molecule has 0 saturated carbocycles. The van der Waals surface area contributed by atoms with Crippen LogP contribution in [-0.4, -0.2) is 42.4 Å². The molecule has 0 aliphatic rings. The van der Waals surface area contributed by atoms with Crippen LogP contribution in [0.5, 0.6) is 0 Å². The summed E-state index contributed by atoms with van der Waals surface area (Å²) in [5.74, 6) is 0. The van der Waals surface area contributed by atoms with Crippen LogP contribution in [0.15, 0.2) is 0 Å². The first-order valence-corrected chi connectivity index (χ1v) is 12.4. The van der Waals surface area contributed by atoms with Gasteiger partial charge in [0.15, 0.2) is 0 Å². The van der Waals surface area contributed by atoms with Crippen LogP contribution in [-0.2, 0) is 14.0 Å². The highest BCUT2D eigenvalue weighted by Gasteiger charge is 2.21. The fourth-order valence-electron chi connectivity index (χ4n) is 3.07. The van der Waals surface area contributed by atoms with Gasteiger partial charge >= 0.3 is 7.60 Å². The molecule has 0 bridgehead atoms. The molecule has 26 heavy (non-hydrogen) atoms. The minimum Gasteiger partial charge on any atom is -0.379 e. The summed E-state index contributed by atoms with van der Waals surface area (Å²) in [4.78, 5) is 17.9. The van der Waals surface area contributed by atoms with Crippen LogP contribution >= 0.6 is 7.60 Å². The summed E-state index contributed by atoms with van der Waals surface area (Å²) in [6.45, 7) is 3.15. The van der Waals surface area contributed by atoms with Crippen LogP contribution in [0.4, 0.5) is 0 Å². The van der Waals surface area contributed by atoms with E-state index in [1.807, 2.05) is 0 Å². The molecule has 0 spiro atoms. The van der Waals surface area contributed by atoms with E-state index in [2.05, 4.69) is 6.92 Å². The maximum absolute atomic E-state index is 10.9. The zero-order valence-electron chi connectivity index (χ0n) is 17.2. The van der Waals surface area contributed by atoms with E-state index in [0.29, 0.717) is 6.61 Å². The summed E-state index contributed by atoms with van der Waals surface area (Å²) in [7, 11) is -2.58. The lowest BCUT2D eigenvalue weighted by molar-refractivity contribution is 0.0169. The summed E-state index contributed by atoms with van der Waals surface area (Å²) in [6.07, 6.45) is 17.8. The Morgan fingerprint density at radius 1 is 0.769 bits per heavy atom. The van der Waals surface area contributed by atoms with Gasteiger partial charge in [-0.1, -0.05) is 90.4 Å². The van der Waals surface area contributed by atoms with Crippen molar-refractivity contribution in [2.24, 2.45) is 0 Å². The predicted octanol–water partition coefficient (Wildman–Crippen LogP) is 5.68. The Labute approximate surface area is 161 Å². The maximum Gasteiger partial charge on any atom is 0.328 e. The van der Waals surface area contributed by atoms with Crippen molar-refractivity contribution in [3.8, 4) is 0 Å². The Morgan fingerprint density at radius 3 is 1.58 bits per heavy atom. The van der Waals surface area contributed by atoms with Gasteiger partial charge < -0.3 is 19.3 Å². The summed E-state index contributed by atoms with van der Waals surface area (Å²) in [5, 5.41) is 0. The molecule has 0 aromatic heterocycles. The third-order valence-corrected chi connectivity index (χ3v) is 5.60. The molecule has 1 atom stereocenters. The second kappa shape index (κ2) is 18.4. The van der Waals surface area contributed by atoms with Gasteiger partial charge in [-0.3, -0.25) is 4.57 Å². The Hall–Kier alpha value is 0.0700. The Morgan fingerprint density at radius 2 is 1.19 bits per heavy atom. The Bertz CT molecular complexity index is 332. The van der Waals surface area contributed by atoms with Gasteiger partial charge in [-0.2, -0.15) is 0 Å². The van der Waals surface area contributed by atoms with Crippen LogP contribution in [0.1, 0.15) is 96.8 Å². The Balaban J connectivity index is 3.23. The zero-order chi connectivity index (χ0) is 19.5. The summed E-state index contributed by atoms with van der Waals surface area (Å²) >= 11 is 0. The quantitative estimate of drug-likeness (QED) is 0.205. The number of methoxy groups -OCH3 is 1. The fraction of sp³-hybridized carbons (Fsp3) is 1.00. The third-order valence-electron chi connectivity index (χ3n) is 4.72. The van der Waals surface area contributed by atoms with E-state index in [1.165, 1.54) is 84.2 Å². The predicted molar refractivity (Wildman–Crippen MR) is 109 cm³/mol. The highest BCUT2D eigenvalue weighted by atomic mass is 31.2. The lowest BCUT2D eigenvalue weighted by Gasteiger charge is -2.16. The SMILES string of the molecule is CCCCCCCCCCCCCCCCOCC(CP(=O)(O)O)OC. The average molecular weight is 395 g/mol. The van der Waals surface area contributed by atoms with E-state index in [-0.39, 0.29) is 12.8 Å². The second-order valence-electron chi connectivity index (χ2n) is 7.38. The summed E-state index contributed by atoms with van der Waals surface area (Å²) in [6, 6.07) is 0. The van der Waals surface area contributed by atoms with Gasteiger partial charge in [-0.15, -0.1) is 0 Å². The van der Waals surface area contributed by atoms with Crippen LogP contribution < -0.4 is 0 Å². The number of ether oxygens (including phenoxy) is 2. The van der Waals surface area contributed by atoms with E-state index in [1.54, 1.807) is 0 Å². The number of hydrogen-bond donors (Lipinski definition) is 2. The molecule has 0 aromatic rings. The monoisotopic (exact) mass is 394 g/mol. The lowest BCUT2D eigenvalue weighted by Crippen LogP contribution is -2.23. The minimum absolute atomic E-state index is 0.250. The lowest BCUT2D eigenvalue weighted by atomic mass is 10.0. The van der Waals surface area contributed by atoms with Gasteiger partial charge in [0.25, 0.3) is 0 Å². The molecule has 0 aromatic carbocycles. The van der Waals surface area contributed by atoms with Crippen molar-refractivity contribution < 1.29 is 23.8 Å². The van der Waals surface area contributed by atoms with Crippen LogP contribution in [0, 0.1) is 0 Å². The van der Waals surface area contributed by atoms with Gasteiger partial charge in [0.05, 0.1) is 18.9 Å². The van der Waals surface area contributed by atoms with Gasteiger partial charge in [-0.25, -0.2) is 0 Å². The molecule has 6 heteroatoms. The van der Waals surface area contributed by atoms with E-state index in [0.717, 1.165) is 12.8 Å². The van der Waals surface area contributed by atoms with E-state index >= 15 is 0 Å². The summed E-state index contributed by atoms with van der Waals surface area (Å²) < 4.78 is 21.4. The molecule has 0 saturated heterocycles. The molecule has 2 N–H and O–H groups in total. The Kier molecular flexibility index (Phi) is 18.5. The van der Waals surface area contributed by atoms with Crippen molar-refractivity contribution >= 4 is 7.60 Å². The highest BCUT2D eigenvalue weighted by molar-refractivity contribution is 7.51. The topological polar surface area (TPSA) is 76.0 Å². The number of hydrogen-bond acceptors (Lipinski definition) is 3. The molecule has 0 radical (unpaired) electrons. The van der Waals surface area contributed by atoms with Crippen molar-refractivity contribution in [3.05, 3.63) is 0 Å². The van der Waals surface area contributed by atoms with Crippen LogP contribution in [0.2, 0.25) is 0 Å². The highest BCUT2D eigenvalue weighted by Crippen LogP contribution is 2.35. The van der Waals surface area contributed by atoms with Crippen molar-refractivity contribution in [2.45, 2.75) is 103 Å². The van der Waals surface area contributed by atoms with E-state index in [9.17, 15) is 4.57 Å². The third kappa shape index (κ3) is 20.4. The average Bonchev–Trinajstić information content (AvgIpc) is 2.59. The summed E-state index contributed by atoms with van der Waals surface area (Å²) in [5.41, 5.74) is 0. The molecule has 0 rings (SSSR count). The number of unbranched alkanes of at least 4 members (excludes halogenated alkanes) is 13.